The van der Waals surface area contributed by atoms with Crippen molar-refractivity contribution >= 4 is 0 Å². The monoisotopic (exact) mass is 340 g/mol. The van der Waals surface area contributed by atoms with Gasteiger partial charge >= 0.3 is 0 Å². The molecule has 2 heterocycles. The van der Waals surface area contributed by atoms with Crippen LogP contribution in [-0.2, 0) is 26.6 Å². The minimum Gasteiger partial charge on any atom is -0.309 e. The lowest BCUT2D eigenvalue weighted by Gasteiger charge is -2.33. The Kier molecular flexibility index (Phi) is 6.27. The number of hydrogen-bond acceptors (Lipinski definition) is 3. The number of rotatable bonds is 7. The molecule has 1 N–H and O–H groups in total. The van der Waals surface area contributed by atoms with Gasteiger partial charge in [0.25, 0.3) is 0 Å². The normalized spacial score (nSPS) is 18.8. The van der Waals surface area contributed by atoms with Crippen LogP contribution in [0.4, 0.5) is 0 Å². The minimum absolute atomic E-state index is 0.578. The van der Waals surface area contributed by atoms with Crippen LogP contribution in [0.1, 0.15) is 43.4 Å². The zero-order valence-electron chi connectivity index (χ0n) is 15.9. The van der Waals surface area contributed by atoms with E-state index in [-0.39, 0.29) is 0 Å². The molecule has 1 aliphatic rings. The van der Waals surface area contributed by atoms with Crippen molar-refractivity contribution in [3.05, 3.63) is 53.3 Å². The molecule has 136 valence electrons. The van der Waals surface area contributed by atoms with Crippen LogP contribution < -0.4 is 5.32 Å². The first-order valence-corrected chi connectivity index (χ1v) is 9.59. The zero-order chi connectivity index (χ0) is 17.6. The summed E-state index contributed by atoms with van der Waals surface area (Å²) < 4.78 is 1.87. The van der Waals surface area contributed by atoms with Gasteiger partial charge in [-0.2, -0.15) is 5.10 Å². The highest BCUT2D eigenvalue weighted by Gasteiger charge is 2.19. The van der Waals surface area contributed by atoms with Gasteiger partial charge in [0.1, 0.15) is 0 Å². The van der Waals surface area contributed by atoms with Gasteiger partial charge in [-0.1, -0.05) is 38.1 Å². The summed E-state index contributed by atoms with van der Waals surface area (Å²) in [7, 11) is 1.97. The number of nitrogens with zero attached hydrogens (tertiary/aromatic N) is 3. The Morgan fingerprint density at radius 3 is 2.60 bits per heavy atom. The van der Waals surface area contributed by atoms with E-state index in [0.717, 1.165) is 25.6 Å². The Balaban J connectivity index is 1.47. The molecule has 0 radical (unpaired) electrons. The molecule has 1 aromatic heterocycles. The maximum absolute atomic E-state index is 4.24. The first-order chi connectivity index (χ1) is 12.1. The predicted octanol–water partition coefficient (Wildman–Crippen LogP) is 3.37. The van der Waals surface area contributed by atoms with Crippen LogP contribution in [-0.4, -0.2) is 33.8 Å². The van der Waals surface area contributed by atoms with Gasteiger partial charge in [-0.3, -0.25) is 9.58 Å². The number of benzene rings is 1. The standard InChI is InChI=1S/C21H32N4/c1-17(2)11-18-6-8-19(9-7-18)15-25-10-4-5-21(16-25)22-12-20-13-23-24(3)14-20/h6-9,13-14,17,21-22H,4-5,10-12,15-16H2,1-3H3. The quantitative estimate of drug-likeness (QED) is 0.839. The summed E-state index contributed by atoms with van der Waals surface area (Å²) in [5.41, 5.74) is 4.15. The topological polar surface area (TPSA) is 33.1 Å². The van der Waals surface area contributed by atoms with Crippen LogP contribution in [0.2, 0.25) is 0 Å². The number of aromatic nitrogens is 2. The number of likely N-dealkylation sites (tertiary alicyclic amines) is 1. The van der Waals surface area contributed by atoms with Gasteiger partial charge in [-0.05, 0) is 42.9 Å². The molecule has 4 nitrogen and oxygen atoms in total. The van der Waals surface area contributed by atoms with Crippen LogP contribution in [0.25, 0.3) is 0 Å². The molecular formula is C21H32N4. The first kappa shape index (κ1) is 18.2. The molecule has 4 heteroatoms. The zero-order valence-corrected chi connectivity index (χ0v) is 15.9. The third kappa shape index (κ3) is 5.68. The fraction of sp³-hybridized carbons (Fsp3) is 0.571. The second-order valence-electron chi connectivity index (χ2n) is 7.89. The lowest BCUT2D eigenvalue weighted by atomic mass is 10.0. The van der Waals surface area contributed by atoms with E-state index in [1.165, 1.54) is 42.5 Å². The van der Waals surface area contributed by atoms with E-state index in [2.05, 4.69) is 59.6 Å². The van der Waals surface area contributed by atoms with Crippen molar-refractivity contribution < 1.29 is 0 Å². The van der Waals surface area contributed by atoms with E-state index in [1.54, 1.807) is 0 Å². The highest BCUT2D eigenvalue weighted by Crippen LogP contribution is 2.16. The van der Waals surface area contributed by atoms with E-state index < -0.39 is 0 Å². The molecule has 1 aromatic carbocycles. The molecule has 2 aromatic rings. The van der Waals surface area contributed by atoms with E-state index >= 15 is 0 Å². The Bertz CT molecular complexity index is 644. The van der Waals surface area contributed by atoms with Gasteiger partial charge in [0.05, 0.1) is 6.20 Å². The van der Waals surface area contributed by atoms with E-state index in [9.17, 15) is 0 Å². The number of hydrogen-bond donors (Lipinski definition) is 1. The minimum atomic E-state index is 0.578. The molecule has 1 unspecified atom stereocenters. The third-order valence-electron chi connectivity index (χ3n) is 4.93. The SMILES string of the molecule is CC(C)Cc1ccc(CN2CCCC(NCc3cnn(C)c3)C2)cc1. The fourth-order valence-corrected chi connectivity index (χ4v) is 3.70. The van der Waals surface area contributed by atoms with Crippen molar-refractivity contribution in [2.45, 2.75) is 52.2 Å². The number of nitrogens with one attached hydrogen (secondary N) is 1. The molecule has 1 atom stereocenters. The second-order valence-corrected chi connectivity index (χ2v) is 7.89. The van der Waals surface area contributed by atoms with E-state index in [1.807, 2.05) is 17.9 Å². The fourth-order valence-electron chi connectivity index (χ4n) is 3.70. The summed E-state index contributed by atoms with van der Waals surface area (Å²) in [6, 6.07) is 9.80. The number of piperidine rings is 1. The molecule has 3 rings (SSSR count). The van der Waals surface area contributed by atoms with Crippen LogP contribution >= 0.6 is 0 Å². The summed E-state index contributed by atoms with van der Waals surface area (Å²) in [5, 5.41) is 7.94. The summed E-state index contributed by atoms with van der Waals surface area (Å²) in [5.74, 6) is 0.722. The van der Waals surface area contributed by atoms with Gasteiger partial charge in [0, 0.05) is 44.5 Å². The largest absolute Gasteiger partial charge is 0.309 e. The van der Waals surface area contributed by atoms with Crippen LogP contribution in [0.5, 0.6) is 0 Å². The molecule has 0 bridgehead atoms. The first-order valence-electron chi connectivity index (χ1n) is 9.59. The van der Waals surface area contributed by atoms with Gasteiger partial charge in [0.15, 0.2) is 0 Å². The average molecular weight is 341 g/mol. The average Bonchev–Trinajstić information content (AvgIpc) is 3.00. The van der Waals surface area contributed by atoms with E-state index in [4.69, 9.17) is 0 Å². The highest BCUT2D eigenvalue weighted by molar-refractivity contribution is 5.23. The lowest BCUT2D eigenvalue weighted by Crippen LogP contribution is -2.44. The highest BCUT2D eigenvalue weighted by atomic mass is 15.2. The Hall–Kier alpha value is -1.65. The van der Waals surface area contributed by atoms with Crippen LogP contribution in [0, 0.1) is 5.92 Å². The molecule has 1 saturated heterocycles. The van der Waals surface area contributed by atoms with Crippen molar-refractivity contribution in [2.75, 3.05) is 13.1 Å². The van der Waals surface area contributed by atoms with Crippen molar-refractivity contribution in [3.8, 4) is 0 Å². The maximum Gasteiger partial charge on any atom is 0.0534 e. The predicted molar refractivity (Wildman–Crippen MR) is 103 cm³/mol. The summed E-state index contributed by atoms with van der Waals surface area (Å²) >= 11 is 0. The molecule has 0 spiro atoms. The molecule has 0 saturated carbocycles. The number of aryl methyl sites for hydroxylation is 1. The van der Waals surface area contributed by atoms with Gasteiger partial charge in [-0.25, -0.2) is 0 Å². The molecule has 1 aliphatic heterocycles. The third-order valence-corrected chi connectivity index (χ3v) is 4.93. The Morgan fingerprint density at radius 1 is 1.16 bits per heavy atom. The second kappa shape index (κ2) is 8.63. The molecule has 0 aliphatic carbocycles. The van der Waals surface area contributed by atoms with Crippen molar-refractivity contribution in [3.63, 3.8) is 0 Å². The molecule has 0 amide bonds. The van der Waals surface area contributed by atoms with Crippen molar-refractivity contribution in [1.29, 1.82) is 0 Å². The Morgan fingerprint density at radius 2 is 1.92 bits per heavy atom. The van der Waals surface area contributed by atoms with E-state index in [0.29, 0.717) is 6.04 Å². The van der Waals surface area contributed by atoms with Crippen molar-refractivity contribution in [2.24, 2.45) is 13.0 Å². The van der Waals surface area contributed by atoms with Gasteiger partial charge in [0.2, 0.25) is 0 Å². The van der Waals surface area contributed by atoms with Gasteiger partial charge in [-0.15, -0.1) is 0 Å². The Labute approximate surface area is 152 Å². The summed E-state index contributed by atoms with van der Waals surface area (Å²) in [6.07, 6.45) is 7.75. The maximum atomic E-state index is 4.24. The molecule has 25 heavy (non-hydrogen) atoms. The molecular weight excluding hydrogens is 308 g/mol. The lowest BCUT2D eigenvalue weighted by molar-refractivity contribution is 0.182. The van der Waals surface area contributed by atoms with Gasteiger partial charge < -0.3 is 5.32 Å². The van der Waals surface area contributed by atoms with Crippen molar-refractivity contribution in [1.82, 2.24) is 20.0 Å². The summed E-state index contributed by atoms with van der Waals surface area (Å²) in [4.78, 5) is 2.59. The summed E-state index contributed by atoms with van der Waals surface area (Å²) in [6.45, 7) is 8.87. The molecule has 1 fully saturated rings. The van der Waals surface area contributed by atoms with Crippen LogP contribution in [0.3, 0.4) is 0 Å². The van der Waals surface area contributed by atoms with Crippen LogP contribution in [0.15, 0.2) is 36.7 Å². The smallest absolute Gasteiger partial charge is 0.0534 e.